The van der Waals surface area contributed by atoms with Crippen LogP contribution >= 0.6 is 23.2 Å². The van der Waals surface area contributed by atoms with Gasteiger partial charge in [-0.25, -0.2) is 4.98 Å². The molecule has 2 aromatic heterocycles. The molecule has 9 heteroatoms. The number of fused-ring (bicyclic) bond motifs is 1. The highest BCUT2D eigenvalue weighted by molar-refractivity contribution is 6.34. The van der Waals surface area contributed by atoms with Crippen LogP contribution in [0.25, 0.3) is 11.4 Å². The van der Waals surface area contributed by atoms with Crippen molar-refractivity contribution in [3.05, 3.63) is 75.2 Å². The lowest BCUT2D eigenvalue weighted by molar-refractivity contribution is -0.137. The second kappa shape index (κ2) is 9.32. The molecule has 0 saturated carbocycles. The molecule has 164 valence electrons. The number of allylic oxidation sites excluding steroid dienone is 1. The average Bonchev–Trinajstić information content (AvgIpc) is 3.14. The Kier molecular flexibility index (Phi) is 6.96. The standard InChI is InChI=1S/C22H20Cl2F3N3O/c1-4-6-20(31-29-13(3)16-8-7-14(5-2)9-17(16)23)19-12-30-11-15(22(25,26)27)10-18(24)21(30)28-19/h6-12H,4-5H2,1-3H3/b20-6-,29-13+. The van der Waals surface area contributed by atoms with Gasteiger partial charge in [0.05, 0.1) is 21.3 Å². The predicted octanol–water partition coefficient (Wildman–Crippen LogP) is 7.41. The van der Waals surface area contributed by atoms with Crippen LogP contribution in [0.4, 0.5) is 13.2 Å². The minimum absolute atomic E-state index is 0.112. The van der Waals surface area contributed by atoms with Crippen molar-refractivity contribution in [1.29, 1.82) is 0 Å². The molecule has 3 rings (SSSR count). The van der Waals surface area contributed by atoms with E-state index >= 15 is 0 Å². The summed E-state index contributed by atoms with van der Waals surface area (Å²) in [6.45, 7) is 5.69. The van der Waals surface area contributed by atoms with Crippen LogP contribution in [0.2, 0.25) is 10.0 Å². The first-order chi connectivity index (χ1) is 14.6. The van der Waals surface area contributed by atoms with Crippen LogP contribution in [0.1, 0.15) is 49.6 Å². The number of hydrogen-bond acceptors (Lipinski definition) is 3. The third kappa shape index (κ3) is 5.22. The van der Waals surface area contributed by atoms with Crippen LogP contribution in [-0.4, -0.2) is 15.1 Å². The quantitative estimate of drug-likeness (QED) is 0.214. The lowest BCUT2D eigenvalue weighted by atomic mass is 10.1. The van der Waals surface area contributed by atoms with Crippen molar-refractivity contribution in [3.63, 3.8) is 0 Å². The molecule has 3 aromatic rings. The van der Waals surface area contributed by atoms with Crippen molar-refractivity contribution in [3.8, 4) is 0 Å². The number of alkyl halides is 3. The average molecular weight is 470 g/mol. The number of hydrogen-bond donors (Lipinski definition) is 0. The Balaban J connectivity index is 1.94. The van der Waals surface area contributed by atoms with Crippen LogP contribution in [0.3, 0.4) is 0 Å². The van der Waals surface area contributed by atoms with Gasteiger partial charge in [0.1, 0.15) is 5.69 Å². The van der Waals surface area contributed by atoms with Crippen LogP contribution in [-0.2, 0) is 17.4 Å². The number of rotatable bonds is 6. The molecule has 0 aliphatic rings. The van der Waals surface area contributed by atoms with Gasteiger partial charge in [0.25, 0.3) is 0 Å². The molecule has 0 atom stereocenters. The van der Waals surface area contributed by atoms with E-state index in [0.29, 0.717) is 28.6 Å². The zero-order valence-corrected chi connectivity index (χ0v) is 18.6. The van der Waals surface area contributed by atoms with Gasteiger partial charge in [-0.2, -0.15) is 13.2 Å². The fourth-order valence-electron chi connectivity index (χ4n) is 2.94. The van der Waals surface area contributed by atoms with Crippen LogP contribution in [0.5, 0.6) is 0 Å². The second-order valence-electron chi connectivity index (χ2n) is 6.84. The van der Waals surface area contributed by atoms with E-state index < -0.39 is 11.7 Å². The molecule has 0 amide bonds. The van der Waals surface area contributed by atoms with Gasteiger partial charge in [0.15, 0.2) is 11.4 Å². The Labute approximate surface area is 187 Å². The van der Waals surface area contributed by atoms with Crippen molar-refractivity contribution >= 4 is 40.3 Å². The summed E-state index contributed by atoms with van der Waals surface area (Å²) in [5, 5.41) is 4.61. The summed E-state index contributed by atoms with van der Waals surface area (Å²) in [4.78, 5) is 9.93. The summed E-state index contributed by atoms with van der Waals surface area (Å²) in [5.74, 6) is 0.302. The van der Waals surface area contributed by atoms with Gasteiger partial charge in [-0.15, -0.1) is 0 Å². The molecule has 0 bridgehead atoms. The van der Waals surface area contributed by atoms with Gasteiger partial charge in [0, 0.05) is 18.0 Å². The zero-order chi connectivity index (χ0) is 22.8. The highest BCUT2D eigenvalue weighted by Gasteiger charge is 2.32. The predicted molar refractivity (Wildman–Crippen MR) is 118 cm³/mol. The largest absolute Gasteiger partial charge is 0.417 e. The van der Waals surface area contributed by atoms with E-state index in [1.54, 1.807) is 13.0 Å². The molecule has 0 aliphatic carbocycles. The summed E-state index contributed by atoms with van der Waals surface area (Å²) in [6.07, 6.45) is 1.04. The molecular weight excluding hydrogens is 450 g/mol. The van der Waals surface area contributed by atoms with E-state index in [4.69, 9.17) is 28.0 Å². The van der Waals surface area contributed by atoms with Gasteiger partial charge in [0.2, 0.25) is 0 Å². The summed E-state index contributed by atoms with van der Waals surface area (Å²) >= 11 is 12.4. The SMILES string of the molecule is CC/C=C(\O/N=C(\C)c1ccc(CC)cc1Cl)c1cn2cc(C(F)(F)F)cc(Cl)c2n1. The van der Waals surface area contributed by atoms with Gasteiger partial charge < -0.3 is 9.24 Å². The molecule has 0 radical (unpaired) electrons. The van der Waals surface area contributed by atoms with Gasteiger partial charge >= 0.3 is 6.18 Å². The molecule has 31 heavy (non-hydrogen) atoms. The van der Waals surface area contributed by atoms with E-state index in [-0.39, 0.29) is 10.7 Å². The Hall–Kier alpha value is -2.51. The highest BCUT2D eigenvalue weighted by atomic mass is 35.5. The summed E-state index contributed by atoms with van der Waals surface area (Å²) in [5.41, 5.74) is 2.02. The van der Waals surface area contributed by atoms with E-state index in [0.717, 1.165) is 29.8 Å². The number of halogens is 5. The number of imidazole rings is 1. The maximum atomic E-state index is 13.1. The minimum atomic E-state index is -4.52. The van der Waals surface area contributed by atoms with E-state index in [1.807, 2.05) is 32.0 Å². The summed E-state index contributed by atoms with van der Waals surface area (Å²) in [7, 11) is 0. The Bertz CT molecular complexity index is 1170. The Morgan fingerprint density at radius 3 is 2.52 bits per heavy atom. The van der Waals surface area contributed by atoms with Gasteiger partial charge in [-0.1, -0.05) is 54.3 Å². The first-order valence-electron chi connectivity index (χ1n) is 9.60. The number of oxime groups is 1. The number of pyridine rings is 1. The molecule has 4 nitrogen and oxygen atoms in total. The number of benzene rings is 1. The van der Waals surface area contributed by atoms with Crippen molar-refractivity contribution in [2.75, 3.05) is 0 Å². The first-order valence-corrected chi connectivity index (χ1v) is 10.4. The molecular formula is C22H20Cl2F3N3O. The monoisotopic (exact) mass is 469 g/mol. The lowest BCUT2D eigenvalue weighted by Gasteiger charge is -2.07. The minimum Gasteiger partial charge on any atom is -0.355 e. The van der Waals surface area contributed by atoms with Gasteiger partial charge in [-0.05, 0) is 43.5 Å². The maximum absolute atomic E-state index is 13.1. The zero-order valence-electron chi connectivity index (χ0n) is 17.1. The van der Waals surface area contributed by atoms with Crippen molar-refractivity contribution in [2.45, 2.75) is 39.8 Å². The van der Waals surface area contributed by atoms with E-state index in [2.05, 4.69) is 10.1 Å². The molecule has 0 fully saturated rings. The third-order valence-electron chi connectivity index (χ3n) is 4.59. The summed E-state index contributed by atoms with van der Waals surface area (Å²) in [6, 6.07) is 6.56. The molecule has 1 aromatic carbocycles. The lowest BCUT2D eigenvalue weighted by Crippen LogP contribution is -2.06. The van der Waals surface area contributed by atoms with Crippen molar-refractivity contribution < 1.29 is 18.0 Å². The number of aromatic nitrogens is 2. The Morgan fingerprint density at radius 2 is 1.90 bits per heavy atom. The molecule has 0 N–H and O–H groups in total. The number of nitrogens with zero attached hydrogens (tertiary/aromatic N) is 3. The molecule has 0 saturated heterocycles. The van der Waals surface area contributed by atoms with Crippen LogP contribution in [0, 0.1) is 0 Å². The first kappa shape index (κ1) is 23.2. The van der Waals surface area contributed by atoms with Crippen molar-refractivity contribution in [1.82, 2.24) is 9.38 Å². The molecule has 0 unspecified atom stereocenters. The van der Waals surface area contributed by atoms with E-state index in [9.17, 15) is 13.2 Å². The fourth-order valence-corrected chi connectivity index (χ4v) is 3.54. The van der Waals surface area contributed by atoms with Crippen LogP contribution in [0.15, 0.2) is 47.9 Å². The van der Waals surface area contributed by atoms with Crippen LogP contribution < -0.4 is 0 Å². The topological polar surface area (TPSA) is 38.9 Å². The normalized spacial score (nSPS) is 13.2. The second-order valence-corrected chi connectivity index (χ2v) is 7.66. The smallest absolute Gasteiger partial charge is 0.355 e. The third-order valence-corrected chi connectivity index (χ3v) is 5.18. The highest BCUT2D eigenvalue weighted by Crippen LogP contribution is 2.33. The van der Waals surface area contributed by atoms with Crippen molar-refractivity contribution in [2.24, 2.45) is 5.16 Å². The fraction of sp³-hybridized carbons (Fsp3) is 0.273. The van der Waals surface area contributed by atoms with E-state index in [1.165, 1.54) is 10.6 Å². The molecule has 0 spiro atoms. The molecule has 0 aliphatic heterocycles. The number of aryl methyl sites for hydroxylation is 1. The van der Waals surface area contributed by atoms with Gasteiger partial charge in [-0.3, -0.25) is 0 Å². The maximum Gasteiger partial charge on any atom is 0.417 e. The Morgan fingerprint density at radius 1 is 1.16 bits per heavy atom. The molecule has 2 heterocycles. The summed E-state index contributed by atoms with van der Waals surface area (Å²) < 4.78 is 40.5.